The van der Waals surface area contributed by atoms with Gasteiger partial charge in [0.25, 0.3) is 0 Å². The number of nitrogens with zero attached hydrogens (tertiary/aromatic N) is 1. The second-order valence-corrected chi connectivity index (χ2v) is 4.12. The Balaban J connectivity index is 2.60. The number of hydrogen-bond donors (Lipinski definition) is 2. The highest BCUT2D eigenvalue weighted by atomic mass is 79.9. The quantitative estimate of drug-likeness (QED) is 0.911. The maximum absolute atomic E-state index is 13.6. The summed E-state index contributed by atoms with van der Waals surface area (Å²) >= 11 is 3.27. The molecule has 84 valence electrons. The predicted molar refractivity (Wildman–Crippen MR) is 65.0 cm³/mol. The molecule has 0 fully saturated rings. The van der Waals surface area contributed by atoms with Crippen LogP contribution in [0.1, 0.15) is 0 Å². The van der Waals surface area contributed by atoms with E-state index in [9.17, 15) is 4.39 Å². The van der Waals surface area contributed by atoms with E-state index in [1.807, 2.05) is 0 Å². The minimum absolute atomic E-state index is 0.00849. The minimum atomic E-state index is -0.293. The summed E-state index contributed by atoms with van der Waals surface area (Å²) < 4.78 is 14.2. The second kappa shape index (κ2) is 4.76. The second-order valence-electron chi connectivity index (χ2n) is 3.27. The Labute approximate surface area is 100 Å². The Morgan fingerprint density at radius 2 is 2.25 bits per heavy atom. The van der Waals surface area contributed by atoms with Crippen LogP contribution in [0.3, 0.4) is 0 Å². The van der Waals surface area contributed by atoms with Crippen LogP contribution in [0.2, 0.25) is 0 Å². The fourth-order valence-electron chi connectivity index (χ4n) is 1.53. The summed E-state index contributed by atoms with van der Waals surface area (Å²) in [6, 6.07) is 4.83. The molecule has 0 radical (unpaired) electrons. The van der Waals surface area contributed by atoms with Crippen molar-refractivity contribution in [3.63, 3.8) is 0 Å². The van der Waals surface area contributed by atoms with E-state index >= 15 is 0 Å². The molecule has 2 aromatic rings. The number of aliphatic hydroxyl groups is 1. The summed E-state index contributed by atoms with van der Waals surface area (Å²) in [6.07, 6.45) is 1.55. The van der Waals surface area contributed by atoms with Gasteiger partial charge < -0.3 is 10.4 Å². The molecule has 0 spiro atoms. The number of aliphatic hydroxyl groups excluding tert-OH is 1. The molecule has 5 heteroatoms. The fraction of sp³-hybridized carbons (Fsp3) is 0.182. The smallest absolute Gasteiger partial charge is 0.134 e. The molecule has 0 saturated heterocycles. The third-order valence-electron chi connectivity index (χ3n) is 2.22. The number of halogens is 2. The van der Waals surface area contributed by atoms with Gasteiger partial charge in [0.1, 0.15) is 11.6 Å². The van der Waals surface area contributed by atoms with Gasteiger partial charge in [-0.1, -0.05) is 12.1 Å². The minimum Gasteiger partial charge on any atom is -0.395 e. The number of rotatable bonds is 3. The Morgan fingerprint density at radius 3 is 3.00 bits per heavy atom. The molecule has 0 unspecified atom stereocenters. The van der Waals surface area contributed by atoms with E-state index in [0.717, 1.165) is 0 Å². The topological polar surface area (TPSA) is 45.1 Å². The summed E-state index contributed by atoms with van der Waals surface area (Å²) in [5, 5.41) is 12.9. The molecule has 2 N–H and O–H groups in total. The first-order valence-corrected chi connectivity index (χ1v) is 5.61. The number of benzene rings is 1. The molecule has 0 bridgehead atoms. The van der Waals surface area contributed by atoms with Gasteiger partial charge in [0.2, 0.25) is 0 Å². The number of pyridine rings is 1. The van der Waals surface area contributed by atoms with Crippen molar-refractivity contribution >= 4 is 32.5 Å². The zero-order valence-corrected chi connectivity index (χ0v) is 9.96. The van der Waals surface area contributed by atoms with Crippen molar-refractivity contribution in [2.24, 2.45) is 0 Å². The first-order chi connectivity index (χ1) is 7.74. The number of nitrogens with one attached hydrogen (secondary N) is 1. The first-order valence-electron chi connectivity index (χ1n) is 4.81. The molecule has 3 nitrogen and oxygen atoms in total. The van der Waals surface area contributed by atoms with E-state index in [4.69, 9.17) is 5.11 Å². The number of anilines is 1. The lowest BCUT2D eigenvalue weighted by Gasteiger charge is -2.09. The Kier molecular flexibility index (Phi) is 3.36. The molecule has 0 atom stereocenters. The van der Waals surface area contributed by atoms with E-state index in [0.29, 0.717) is 27.6 Å². The Bertz CT molecular complexity index is 510. The average molecular weight is 285 g/mol. The maximum Gasteiger partial charge on any atom is 0.134 e. The summed E-state index contributed by atoms with van der Waals surface area (Å²) in [4.78, 5) is 4.15. The van der Waals surface area contributed by atoms with E-state index < -0.39 is 0 Å². The lowest BCUT2D eigenvalue weighted by molar-refractivity contribution is 0.311. The van der Waals surface area contributed by atoms with Gasteiger partial charge in [-0.3, -0.25) is 0 Å². The average Bonchev–Trinajstić information content (AvgIpc) is 2.28. The van der Waals surface area contributed by atoms with Gasteiger partial charge >= 0.3 is 0 Å². The van der Waals surface area contributed by atoms with Gasteiger partial charge in [0.15, 0.2) is 0 Å². The van der Waals surface area contributed by atoms with Crippen LogP contribution in [0.25, 0.3) is 10.8 Å². The van der Waals surface area contributed by atoms with Crippen LogP contribution in [0.15, 0.2) is 28.9 Å². The van der Waals surface area contributed by atoms with E-state index in [1.165, 1.54) is 6.07 Å². The molecule has 16 heavy (non-hydrogen) atoms. The van der Waals surface area contributed by atoms with Crippen molar-refractivity contribution < 1.29 is 9.50 Å². The monoisotopic (exact) mass is 284 g/mol. The summed E-state index contributed by atoms with van der Waals surface area (Å²) in [5.41, 5.74) is 0. The molecular formula is C11H10BrFN2O. The van der Waals surface area contributed by atoms with Crippen LogP contribution in [0.5, 0.6) is 0 Å². The van der Waals surface area contributed by atoms with Gasteiger partial charge in [0, 0.05) is 28.0 Å². The number of fused-ring (bicyclic) bond motifs is 1. The molecule has 0 saturated carbocycles. The van der Waals surface area contributed by atoms with Gasteiger partial charge in [-0.15, -0.1) is 0 Å². The summed E-state index contributed by atoms with van der Waals surface area (Å²) in [6.45, 7) is 0.398. The lowest BCUT2D eigenvalue weighted by Crippen LogP contribution is -2.07. The zero-order valence-electron chi connectivity index (χ0n) is 8.37. The Morgan fingerprint density at radius 1 is 1.44 bits per heavy atom. The van der Waals surface area contributed by atoms with Crippen LogP contribution in [-0.2, 0) is 0 Å². The van der Waals surface area contributed by atoms with Gasteiger partial charge in [-0.2, -0.15) is 0 Å². The molecule has 0 aliphatic heterocycles. The van der Waals surface area contributed by atoms with E-state index in [-0.39, 0.29) is 12.4 Å². The van der Waals surface area contributed by atoms with Crippen molar-refractivity contribution in [3.8, 4) is 0 Å². The van der Waals surface area contributed by atoms with Gasteiger partial charge in [-0.05, 0) is 22.0 Å². The van der Waals surface area contributed by atoms with Crippen molar-refractivity contribution in [3.05, 3.63) is 34.7 Å². The van der Waals surface area contributed by atoms with Crippen LogP contribution in [-0.4, -0.2) is 23.2 Å². The van der Waals surface area contributed by atoms with Crippen molar-refractivity contribution in [1.82, 2.24) is 4.98 Å². The van der Waals surface area contributed by atoms with Crippen molar-refractivity contribution in [2.75, 3.05) is 18.5 Å². The van der Waals surface area contributed by atoms with Crippen LogP contribution < -0.4 is 5.32 Å². The third-order valence-corrected chi connectivity index (χ3v) is 2.82. The van der Waals surface area contributed by atoms with Crippen molar-refractivity contribution in [1.29, 1.82) is 0 Å². The van der Waals surface area contributed by atoms with Gasteiger partial charge in [-0.25, -0.2) is 9.37 Å². The molecular weight excluding hydrogens is 275 g/mol. The van der Waals surface area contributed by atoms with Crippen LogP contribution in [0.4, 0.5) is 10.2 Å². The molecule has 2 rings (SSSR count). The first kappa shape index (κ1) is 11.3. The standard InChI is InChI=1S/C11H10BrFN2O/c12-8-6-15-11(14-4-5-16)7-2-1-3-9(13)10(7)8/h1-3,6,16H,4-5H2,(H,14,15). The molecule has 0 aliphatic rings. The van der Waals surface area contributed by atoms with Crippen LogP contribution in [0, 0.1) is 5.82 Å². The molecule has 0 aliphatic carbocycles. The summed E-state index contributed by atoms with van der Waals surface area (Å²) in [7, 11) is 0. The fourth-order valence-corrected chi connectivity index (χ4v) is 2.04. The SMILES string of the molecule is OCCNc1ncc(Br)c2c(F)cccc12. The maximum atomic E-state index is 13.6. The predicted octanol–water partition coefficient (Wildman–Crippen LogP) is 2.54. The molecule has 1 aromatic carbocycles. The van der Waals surface area contributed by atoms with Gasteiger partial charge in [0.05, 0.1) is 6.61 Å². The molecule has 0 amide bonds. The number of aromatic nitrogens is 1. The lowest BCUT2D eigenvalue weighted by atomic mass is 10.1. The highest BCUT2D eigenvalue weighted by Crippen LogP contribution is 2.29. The van der Waals surface area contributed by atoms with Crippen LogP contribution >= 0.6 is 15.9 Å². The zero-order chi connectivity index (χ0) is 11.5. The van der Waals surface area contributed by atoms with E-state index in [1.54, 1.807) is 18.3 Å². The van der Waals surface area contributed by atoms with Crippen molar-refractivity contribution in [2.45, 2.75) is 0 Å². The third kappa shape index (κ3) is 2.01. The molecule has 1 heterocycles. The largest absolute Gasteiger partial charge is 0.395 e. The highest BCUT2D eigenvalue weighted by molar-refractivity contribution is 9.10. The normalized spacial score (nSPS) is 10.7. The summed E-state index contributed by atoms with van der Waals surface area (Å²) in [5.74, 6) is 0.283. The Hall–Kier alpha value is -1.20. The van der Waals surface area contributed by atoms with E-state index in [2.05, 4.69) is 26.2 Å². The molecule has 1 aromatic heterocycles. The number of hydrogen-bond acceptors (Lipinski definition) is 3. The highest BCUT2D eigenvalue weighted by Gasteiger charge is 2.09.